The van der Waals surface area contributed by atoms with Gasteiger partial charge in [-0.25, -0.2) is 0 Å². The summed E-state index contributed by atoms with van der Waals surface area (Å²) in [6.07, 6.45) is 1.47. The molecule has 0 heterocycles. The van der Waals surface area contributed by atoms with Crippen molar-refractivity contribution >= 4 is 22.6 Å². The minimum Gasteiger partial charge on any atom is -0.308 e. The third-order valence-corrected chi connectivity index (χ3v) is 6.22. The average Bonchev–Trinajstić information content (AvgIpc) is 2.90. The van der Waals surface area contributed by atoms with E-state index >= 15 is 0 Å². The van der Waals surface area contributed by atoms with Crippen LogP contribution in [0.3, 0.4) is 0 Å². The zero-order chi connectivity index (χ0) is 19.1. The monoisotopic (exact) mass is 351 g/mol. The molecule has 27 heavy (non-hydrogen) atoms. The molecule has 1 aliphatic rings. The van der Waals surface area contributed by atoms with Gasteiger partial charge in [0.05, 0.1) is 0 Å². The van der Waals surface area contributed by atoms with Crippen LogP contribution in [0.15, 0.2) is 77.4 Å². The third kappa shape index (κ3) is 2.75. The number of nitrogens with one attached hydrogen (secondary N) is 1. The number of hydrogen-bond acceptors (Lipinski definition) is 1. The van der Waals surface area contributed by atoms with Crippen LogP contribution in [0.5, 0.6) is 0 Å². The standard InChI is InChI=1S/C26H25N/c1-16-17(2)19(4)25(18(16)3)21-9-7-10-22(14-21)26-23(15-27)13-12-20-8-5-6-11-24(20)26/h5-15,18,27H,1-4H3. The maximum Gasteiger partial charge on any atom is 0.0256 e. The van der Waals surface area contributed by atoms with Gasteiger partial charge < -0.3 is 5.41 Å². The van der Waals surface area contributed by atoms with Crippen molar-refractivity contribution in [2.75, 3.05) is 0 Å². The molecule has 1 N–H and O–H groups in total. The van der Waals surface area contributed by atoms with Gasteiger partial charge in [0.1, 0.15) is 0 Å². The molecule has 1 heteroatoms. The minimum absolute atomic E-state index is 0.454. The number of hydrogen-bond donors (Lipinski definition) is 1. The lowest BCUT2D eigenvalue weighted by molar-refractivity contribution is 0.895. The van der Waals surface area contributed by atoms with Gasteiger partial charge in [0.25, 0.3) is 0 Å². The van der Waals surface area contributed by atoms with Crippen molar-refractivity contribution < 1.29 is 0 Å². The van der Waals surface area contributed by atoms with Crippen molar-refractivity contribution in [3.63, 3.8) is 0 Å². The van der Waals surface area contributed by atoms with Crippen molar-refractivity contribution in [1.82, 2.24) is 0 Å². The summed E-state index contributed by atoms with van der Waals surface area (Å²) in [6.45, 7) is 9.03. The van der Waals surface area contributed by atoms with Gasteiger partial charge in [-0.05, 0) is 71.0 Å². The van der Waals surface area contributed by atoms with E-state index in [1.807, 2.05) is 0 Å². The quantitative estimate of drug-likeness (QED) is 0.480. The van der Waals surface area contributed by atoms with Gasteiger partial charge in [-0.2, -0.15) is 0 Å². The first-order chi connectivity index (χ1) is 13.0. The molecule has 1 unspecified atom stereocenters. The van der Waals surface area contributed by atoms with Crippen molar-refractivity contribution in [1.29, 1.82) is 5.41 Å². The first kappa shape index (κ1) is 17.5. The lowest BCUT2D eigenvalue weighted by atomic mass is 9.88. The second-order valence-corrected chi connectivity index (χ2v) is 7.54. The van der Waals surface area contributed by atoms with Crippen LogP contribution in [0.1, 0.15) is 38.8 Å². The second kappa shape index (κ2) is 6.66. The van der Waals surface area contributed by atoms with Crippen LogP contribution in [0, 0.1) is 11.3 Å². The van der Waals surface area contributed by atoms with Gasteiger partial charge in [-0.3, -0.25) is 0 Å². The SMILES string of the molecule is CC1=C(C)C(C)C(c2cccc(-c3c(C=N)ccc4ccccc34)c2)=C1C. The fraction of sp³-hybridized carbons (Fsp3) is 0.192. The molecular weight excluding hydrogens is 326 g/mol. The number of fused-ring (bicyclic) bond motifs is 1. The highest BCUT2D eigenvalue weighted by Crippen LogP contribution is 2.43. The van der Waals surface area contributed by atoms with Crippen molar-refractivity contribution in [3.8, 4) is 11.1 Å². The lowest BCUT2D eigenvalue weighted by Gasteiger charge is -2.16. The Morgan fingerprint density at radius 1 is 0.815 bits per heavy atom. The molecule has 1 atom stereocenters. The summed E-state index contributed by atoms with van der Waals surface area (Å²) in [5, 5.41) is 10.3. The fourth-order valence-electron chi connectivity index (χ4n) is 4.40. The molecule has 0 bridgehead atoms. The Hall–Kier alpha value is -2.93. The number of allylic oxidation sites excluding steroid dienone is 4. The predicted octanol–water partition coefficient (Wildman–Crippen LogP) is 7.26. The second-order valence-electron chi connectivity index (χ2n) is 7.54. The summed E-state index contributed by atoms with van der Waals surface area (Å²) >= 11 is 0. The third-order valence-electron chi connectivity index (χ3n) is 6.22. The average molecular weight is 351 g/mol. The van der Waals surface area contributed by atoms with Crippen molar-refractivity contribution in [2.45, 2.75) is 27.7 Å². The molecule has 0 fully saturated rings. The number of rotatable bonds is 3. The Bertz CT molecular complexity index is 1130. The van der Waals surface area contributed by atoms with Gasteiger partial charge in [0.2, 0.25) is 0 Å². The Labute approximate surface area is 161 Å². The zero-order valence-electron chi connectivity index (χ0n) is 16.4. The molecule has 0 amide bonds. The molecule has 0 aromatic heterocycles. The molecule has 1 aliphatic carbocycles. The van der Waals surface area contributed by atoms with Gasteiger partial charge in [0.15, 0.2) is 0 Å². The Morgan fingerprint density at radius 2 is 1.56 bits per heavy atom. The van der Waals surface area contributed by atoms with Gasteiger partial charge >= 0.3 is 0 Å². The summed E-state index contributed by atoms with van der Waals surface area (Å²) < 4.78 is 0. The van der Waals surface area contributed by atoms with E-state index in [0.717, 1.165) is 11.1 Å². The molecule has 3 aromatic carbocycles. The van der Waals surface area contributed by atoms with Crippen LogP contribution in [0.2, 0.25) is 0 Å². The van der Waals surface area contributed by atoms with Crippen LogP contribution >= 0.6 is 0 Å². The molecular formula is C26H25N. The van der Waals surface area contributed by atoms with Crippen LogP contribution in [0.4, 0.5) is 0 Å². The first-order valence-electron chi connectivity index (χ1n) is 9.54. The van der Waals surface area contributed by atoms with Crippen LogP contribution in [0.25, 0.3) is 27.5 Å². The molecule has 3 aromatic rings. The summed E-state index contributed by atoms with van der Waals surface area (Å²) in [7, 11) is 0. The van der Waals surface area contributed by atoms with Crippen LogP contribution in [-0.4, -0.2) is 6.21 Å². The van der Waals surface area contributed by atoms with E-state index in [1.165, 1.54) is 50.4 Å². The van der Waals surface area contributed by atoms with Crippen LogP contribution < -0.4 is 0 Å². The zero-order valence-corrected chi connectivity index (χ0v) is 16.4. The van der Waals surface area contributed by atoms with E-state index < -0.39 is 0 Å². The summed E-state index contributed by atoms with van der Waals surface area (Å²) in [6, 6.07) is 21.4. The van der Waals surface area contributed by atoms with Gasteiger partial charge in [0, 0.05) is 17.7 Å². The normalized spacial score (nSPS) is 17.1. The van der Waals surface area contributed by atoms with E-state index in [0.29, 0.717) is 5.92 Å². The topological polar surface area (TPSA) is 23.9 Å². The van der Waals surface area contributed by atoms with E-state index in [9.17, 15) is 0 Å². The maximum atomic E-state index is 7.91. The van der Waals surface area contributed by atoms with Crippen molar-refractivity contribution in [3.05, 3.63) is 88.5 Å². The maximum absolute atomic E-state index is 7.91. The van der Waals surface area contributed by atoms with E-state index in [1.54, 1.807) is 0 Å². The highest BCUT2D eigenvalue weighted by atomic mass is 14.3. The molecule has 0 saturated heterocycles. The molecule has 0 spiro atoms. The van der Waals surface area contributed by atoms with Crippen LogP contribution in [-0.2, 0) is 0 Å². The van der Waals surface area contributed by atoms with E-state index in [-0.39, 0.29) is 0 Å². The Kier molecular flexibility index (Phi) is 4.31. The molecule has 0 aliphatic heterocycles. The molecule has 1 nitrogen and oxygen atoms in total. The molecule has 0 saturated carbocycles. The molecule has 134 valence electrons. The molecule has 4 rings (SSSR count). The largest absolute Gasteiger partial charge is 0.308 e. The van der Waals surface area contributed by atoms with E-state index in [4.69, 9.17) is 5.41 Å². The van der Waals surface area contributed by atoms with Gasteiger partial charge in [-0.15, -0.1) is 0 Å². The predicted molar refractivity (Wildman–Crippen MR) is 117 cm³/mol. The van der Waals surface area contributed by atoms with E-state index in [2.05, 4.69) is 88.4 Å². The highest BCUT2D eigenvalue weighted by Gasteiger charge is 2.24. The summed E-state index contributed by atoms with van der Waals surface area (Å²) in [5.41, 5.74) is 10.3. The summed E-state index contributed by atoms with van der Waals surface area (Å²) in [4.78, 5) is 0. The number of benzene rings is 3. The smallest absolute Gasteiger partial charge is 0.0256 e. The van der Waals surface area contributed by atoms with Crippen molar-refractivity contribution in [2.24, 2.45) is 5.92 Å². The first-order valence-corrected chi connectivity index (χ1v) is 9.54. The highest BCUT2D eigenvalue weighted by molar-refractivity contribution is 6.05. The lowest BCUT2D eigenvalue weighted by Crippen LogP contribution is -1.98. The Balaban J connectivity index is 1.93. The molecule has 0 radical (unpaired) electrons. The Morgan fingerprint density at radius 3 is 2.26 bits per heavy atom. The summed E-state index contributed by atoms with van der Waals surface area (Å²) in [5.74, 6) is 0.454. The fourth-order valence-corrected chi connectivity index (χ4v) is 4.40. The minimum atomic E-state index is 0.454. The van der Waals surface area contributed by atoms with Gasteiger partial charge in [-0.1, -0.05) is 67.1 Å².